The lowest BCUT2D eigenvalue weighted by atomic mass is 9.69. The second-order valence-electron chi connectivity index (χ2n) is 5.52. The van der Waals surface area contributed by atoms with Crippen molar-refractivity contribution in [1.82, 2.24) is 0 Å². The highest BCUT2D eigenvalue weighted by molar-refractivity contribution is 5.82. The van der Waals surface area contributed by atoms with Crippen molar-refractivity contribution in [3.63, 3.8) is 0 Å². The van der Waals surface area contributed by atoms with Gasteiger partial charge in [-0.1, -0.05) is 25.3 Å². The molecule has 1 aliphatic carbocycles. The van der Waals surface area contributed by atoms with Crippen molar-refractivity contribution in [3.8, 4) is 5.75 Å². The zero-order valence-electron chi connectivity index (χ0n) is 12.0. The average Bonchev–Trinajstić information content (AvgIpc) is 2.47. The van der Waals surface area contributed by atoms with Crippen LogP contribution in [0.5, 0.6) is 5.75 Å². The van der Waals surface area contributed by atoms with Crippen molar-refractivity contribution in [1.29, 1.82) is 0 Å². The van der Waals surface area contributed by atoms with E-state index >= 15 is 0 Å². The van der Waals surface area contributed by atoms with Crippen molar-refractivity contribution in [3.05, 3.63) is 29.3 Å². The summed E-state index contributed by atoms with van der Waals surface area (Å²) in [7, 11) is 1.52. The van der Waals surface area contributed by atoms with Gasteiger partial charge in [0, 0.05) is 5.56 Å². The quantitative estimate of drug-likeness (QED) is 0.906. The summed E-state index contributed by atoms with van der Waals surface area (Å²) < 4.78 is 18.9. The molecule has 0 amide bonds. The number of carboxylic acids is 1. The van der Waals surface area contributed by atoms with Crippen LogP contribution in [0, 0.1) is 0 Å². The van der Waals surface area contributed by atoms with Gasteiger partial charge in [-0.3, -0.25) is 4.79 Å². The molecule has 1 atom stereocenters. The van der Waals surface area contributed by atoms with Crippen LogP contribution in [0.25, 0.3) is 0 Å². The van der Waals surface area contributed by atoms with Crippen LogP contribution in [0.4, 0.5) is 4.39 Å². The van der Waals surface area contributed by atoms with Gasteiger partial charge in [0.15, 0.2) is 0 Å². The SMILES string of the molecule is COc1ccc(C(C)F)cc1C1(C(=O)O)CCCCC1. The van der Waals surface area contributed by atoms with Gasteiger partial charge in [0.25, 0.3) is 0 Å². The zero-order valence-corrected chi connectivity index (χ0v) is 12.0. The van der Waals surface area contributed by atoms with E-state index in [0.717, 1.165) is 19.3 Å². The van der Waals surface area contributed by atoms with E-state index in [1.165, 1.54) is 14.0 Å². The van der Waals surface area contributed by atoms with Gasteiger partial charge in [-0.05, 0) is 37.5 Å². The summed E-state index contributed by atoms with van der Waals surface area (Å²) in [5, 5.41) is 9.74. The molecule has 20 heavy (non-hydrogen) atoms. The number of rotatable bonds is 4. The Bertz CT molecular complexity index is 490. The number of alkyl halides is 1. The second kappa shape index (κ2) is 5.81. The number of halogens is 1. The minimum Gasteiger partial charge on any atom is -0.496 e. The number of carboxylic acid groups (broad SMARTS) is 1. The van der Waals surface area contributed by atoms with E-state index in [2.05, 4.69) is 0 Å². The summed E-state index contributed by atoms with van der Waals surface area (Å²) in [5.41, 5.74) is 0.190. The third-order valence-electron chi connectivity index (χ3n) is 4.31. The normalized spacial score (nSPS) is 19.4. The molecule has 0 aliphatic heterocycles. The molecule has 0 spiro atoms. The molecule has 1 aliphatic rings. The Labute approximate surface area is 118 Å². The van der Waals surface area contributed by atoms with Crippen LogP contribution in [-0.2, 0) is 10.2 Å². The number of methoxy groups -OCH3 is 1. The minimum absolute atomic E-state index is 0.506. The third-order valence-corrected chi connectivity index (χ3v) is 4.31. The summed E-state index contributed by atoms with van der Waals surface area (Å²) in [6, 6.07) is 5.01. The third kappa shape index (κ3) is 2.51. The van der Waals surface area contributed by atoms with E-state index < -0.39 is 17.6 Å². The van der Waals surface area contributed by atoms with Gasteiger partial charge in [0.1, 0.15) is 11.9 Å². The Morgan fingerprint density at radius 1 is 1.35 bits per heavy atom. The van der Waals surface area contributed by atoms with Gasteiger partial charge in [-0.2, -0.15) is 0 Å². The fourth-order valence-electron chi connectivity index (χ4n) is 3.10. The van der Waals surface area contributed by atoms with Crippen LogP contribution in [0.2, 0.25) is 0 Å². The molecule has 110 valence electrons. The first-order valence-electron chi connectivity index (χ1n) is 7.07. The molecule has 1 fully saturated rings. The highest BCUT2D eigenvalue weighted by Gasteiger charge is 2.43. The van der Waals surface area contributed by atoms with Crippen LogP contribution in [0.15, 0.2) is 18.2 Å². The predicted octanol–water partition coefficient (Wildman–Crippen LogP) is 4.01. The van der Waals surface area contributed by atoms with Crippen molar-refractivity contribution in [2.75, 3.05) is 7.11 Å². The minimum atomic E-state index is -1.12. The second-order valence-corrected chi connectivity index (χ2v) is 5.52. The average molecular weight is 280 g/mol. The van der Waals surface area contributed by atoms with Gasteiger partial charge in [0.05, 0.1) is 12.5 Å². The number of hydrogen-bond acceptors (Lipinski definition) is 2. The lowest BCUT2D eigenvalue weighted by Crippen LogP contribution is -2.38. The molecule has 0 saturated heterocycles. The predicted molar refractivity (Wildman–Crippen MR) is 74.9 cm³/mol. The highest BCUT2D eigenvalue weighted by atomic mass is 19.1. The van der Waals surface area contributed by atoms with E-state index in [1.54, 1.807) is 18.2 Å². The van der Waals surface area contributed by atoms with Gasteiger partial charge in [-0.25, -0.2) is 4.39 Å². The Morgan fingerprint density at radius 2 is 2.00 bits per heavy atom. The summed E-state index contributed by atoms with van der Waals surface area (Å²) in [6.45, 7) is 1.46. The first kappa shape index (κ1) is 14.8. The molecule has 1 saturated carbocycles. The van der Waals surface area contributed by atoms with Crippen molar-refractivity contribution in [2.24, 2.45) is 0 Å². The lowest BCUT2D eigenvalue weighted by Gasteiger charge is -2.35. The van der Waals surface area contributed by atoms with Crippen LogP contribution >= 0.6 is 0 Å². The molecule has 0 heterocycles. The molecular weight excluding hydrogens is 259 g/mol. The fraction of sp³-hybridized carbons (Fsp3) is 0.562. The number of aliphatic carboxylic acids is 1. The number of benzene rings is 1. The largest absolute Gasteiger partial charge is 0.496 e. The fourth-order valence-corrected chi connectivity index (χ4v) is 3.10. The maximum atomic E-state index is 13.6. The topological polar surface area (TPSA) is 46.5 Å². The Morgan fingerprint density at radius 3 is 2.50 bits per heavy atom. The standard InChI is InChI=1S/C16H21FO3/c1-11(17)12-6-7-14(20-2)13(10-12)16(15(18)19)8-4-3-5-9-16/h6-7,10-11H,3-5,8-9H2,1-2H3,(H,18,19). The smallest absolute Gasteiger partial charge is 0.314 e. The molecule has 1 unspecified atom stereocenters. The molecule has 0 aromatic heterocycles. The first-order chi connectivity index (χ1) is 9.51. The van der Waals surface area contributed by atoms with Crippen LogP contribution < -0.4 is 4.74 Å². The van der Waals surface area contributed by atoms with Gasteiger partial charge in [-0.15, -0.1) is 0 Å². The first-order valence-corrected chi connectivity index (χ1v) is 7.07. The molecular formula is C16H21FO3. The highest BCUT2D eigenvalue weighted by Crippen LogP contribution is 2.44. The van der Waals surface area contributed by atoms with Crippen LogP contribution in [0.3, 0.4) is 0 Å². The van der Waals surface area contributed by atoms with Crippen LogP contribution in [-0.4, -0.2) is 18.2 Å². The molecule has 1 N–H and O–H groups in total. The number of carbonyl (C=O) groups is 1. The molecule has 0 radical (unpaired) electrons. The van der Waals surface area contributed by atoms with E-state index in [4.69, 9.17) is 4.74 Å². The number of hydrogen-bond donors (Lipinski definition) is 1. The molecule has 1 aromatic rings. The maximum absolute atomic E-state index is 13.6. The molecule has 3 nitrogen and oxygen atoms in total. The van der Waals surface area contributed by atoms with Gasteiger partial charge in [0.2, 0.25) is 0 Å². The molecule has 1 aromatic carbocycles. The zero-order chi connectivity index (χ0) is 14.8. The Kier molecular flexibility index (Phi) is 4.31. The van der Waals surface area contributed by atoms with E-state index in [0.29, 0.717) is 29.7 Å². The Hall–Kier alpha value is -1.58. The van der Waals surface area contributed by atoms with Gasteiger partial charge >= 0.3 is 5.97 Å². The van der Waals surface area contributed by atoms with Crippen molar-refractivity contribution < 1.29 is 19.0 Å². The van der Waals surface area contributed by atoms with Gasteiger partial charge < -0.3 is 9.84 Å². The Balaban J connectivity index is 2.56. The summed E-state index contributed by atoms with van der Waals surface area (Å²) >= 11 is 0. The summed E-state index contributed by atoms with van der Waals surface area (Å²) in [5.74, 6) is -0.294. The van der Waals surface area contributed by atoms with E-state index in [9.17, 15) is 14.3 Å². The van der Waals surface area contributed by atoms with Crippen molar-refractivity contribution >= 4 is 5.97 Å². The maximum Gasteiger partial charge on any atom is 0.314 e. The lowest BCUT2D eigenvalue weighted by molar-refractivity contribution is -0.145. The molecule has 0 bridgehead atoms. The van der Waals surface area contributed by atoms with E-state index in [1.807, 2.05) is 0 Å². The summed E-state index contributed by atoms with van der Waals surface area (Å²) in [4.78, 5) is 11.9. The van der Waals surface area contributed by atoms with Crippen LogP contribution in [0.1, 0.15) is 56.3 Å². The van der Waals surface area contributed by atoms with Crippen molar-refractivity contribution in [2.45, 2.75) is 50.6 Å². The number of ether oxygens (including phenoxy) is 1. The molecule has 2 rings (SSSR count). The monoisotopic (exact) mass is 280 g/mol. The summed E-state index contributed by atoms with van der Waals surface area (Å²) in [6.07, 6.45) is 2.87. The molecule has 4 heteroatoms. The van der Waals surface area contributed by atoms with E-state index in [-0.39, 0.29) is 0 Å².